The SMILES string of the molecule is Cc1ccc(NC(=S)N(C)[C@H]2CCCc3ccccc32)cc1Cl. The molecule has 0 spiro atoms. The molecule has 120 valence electrons. The summed E-state index contributed by atoms with van der Waals surface area (Å²) in [5.74, 6) is 0. The van der Waals surface area contributed by atoms with E-state index in [1.807, 2.05) is 25.1 Å². The molecule has 2 nitrogen and oxygen atoms in total. The normalized spacial score (nSPS) is 16.6. The van der Waals surface area contributed by atoms with Gasteiger partial charge in [0.15, 0.2) is 5.11 Å². The average molecular weight is 345 g/mol. The van der Waals surface area contributed by atoms with Crippen LogP contribution in [0.25, 0.3) is 0 Å². The number of anilines is 1. The maximum absolute atomic E-state index is 6.20. The molecule has 0 amide bonds. The van der Waals surface area contributed by atoms with E-state index >= 15 is 0 Å². The Morgan fingerprint density at radius 3 is 2.83 bits per heavy atom. The number of rotatable bonds is 2. The van der Waals surface area contributed by atoms with Gasteiger partial charge < -0.3 is 10.2 Å². The molecule has 0 saturated heterocycles. The zero-order valence-corrected chi connectivity index (χ0v) is 15.0. The lowest BCUT2D eigenvalue weighted by molar-refractivity contribution is 0.336. The zero-order valence-electron chi connectivity index (χ0n) is 13.5. The van der Waals surface area contributed by atoms with Crippen LogP contribution in [0, 0.1) is 6.92 Å². The fourth-order valence-corrected chi connectivity index (χ4v) is 3.58. The highest BCUT2D eigenvalue weighted by Gasteiger charge is 2.24. The fraction of sp³-hybridized carbons (Fsp3) is 0.316. The van der Waals surface area contributed by atoms with Crippen LogP contribution < -0.4 is 5.32 Å². The van der Waals surface area contributed by atoms with Crippen LogP contribution >= 0.6 is 23.8 Å². The number of hydrogen-bond acceptors (Lipinski definition) is 1. The van der Waals surface area contributed by atoms with E-state index in [0.717, 1.165) is 34.2 Å². The molecule has 1 atom stereocenters. The second-order valence-electron chi connectivity index (χ2n) is 6.11. The number of halogens is 1. The van der Waals surface area contributed by atoms with E-state index in [4.69, 9.17) is 23.8 Å². The summed E-state index contributed by atoms with van der Waals surface area (Å²) >= 11 is 11.8. The second kappa shape index (κ2) is 6.90. The minimum absolute atomic E-state index is 0.334. The minimum Gasteiger partial charge on any atom is -0.345 e. The lowest BCUT2D eigenvalue weighted by Gasteiger charge is -2.35. The molecule has 1 aliphatic rings. The zero-order chi connectivity index (χ0) is 16.4. The van der Waals surface area contributed by atoms with Gasteiger partial charge in [0.05, 0.1) is 6.04 Å². The van der Waals surface area contributed by atoms with Gasteiger partial charge in [0.1, 0.15) is 0 Å². The summed E-state index contributed by atoms with van der Waals surface area (Å²) in [4.78, 5) is 2.17. The van der Waals surface area contributed by atoms with Crippen LogP contribution in [0.3, 0.4) is 0 Å². The number of nitrogens with zero attached hydrogens (tertiary/aromatic N) is 1. The molecule has 0 heterocycles. The van der Waals surface area contributed by atoms with E-state index in [2.05, 4.69) is 41.5 Å². The third kappa shape index (κ3) is 3.51. The van der Waals surface area contributed by atoms with Crippen molar-refractivity contribution in [1.82, 2.24) is 4.90 Å². The van der Waals surface area contributed by atoms with E-state index in [-0.39, 0.29) is 0 Å². The lowest BCUT2D eigenvalue weighted by atomic mass is 9.87. The second-order valence-corrected chi connectivity index (χ2v) is 6.91. The van der Waals surface area contributed by atoms with Gasteiger partial charge in [-0.1, -0.05) is 41.9 Å². The number of nitrogens with one attached hydrogen (secondary N) is 1. The quantitative estimate of drug-likeness (QED) is 0.739. The van der Waals surface area contributed by atoms with E-state index in [0.29, 0.717) is 6.04 Å². The molecular weight excluding hydrogens is 324 g/mol. The summed E-state index contributed by atoms with van der Waals surface area (Å²) in [6, 6.07) is 15.0. The summed E-state index contributed by atoms with van der Waals surface area (Å²) in [5, 5.41) is 4.79. The molecule has 0 aliphatic heterocycles. The maximum atomic E-state index is 6.20. The topological polar surface area (TPSA) is 15.3 Å². The highest BCUT2D eigenvalue weighted by Crippen LogP contribution is 2.33. The molecule has 1 N–H and O–H groups in total. The Kier molecular flexibility index (Phi) is 4.88. The maximum Gasteiger partial charge on any atom is 0.173 e. The first-order chi connectivity index (χ1) is 11.1. The van der Waals surface area contributed by atoms with E-state index < -0.39 is 0 Å². The van der Waals surface area contributed by atoms with Gasteiger partial charge in [-0.05, 0) is 67.2 Å². The van der Waals surface area contributed by atoms with Crippen molar-refractivity contribution in [3.05, 3.63) is 64.2 Å². The molecule has 0 saturated carbocycles. The van der Waals surface area contributed by atoms with E-state index in [9.17, 15) is 0 Å². The van der Waals surface area contributed by atoms with Crippen LogP contribution in [0.2, 0.25) is 5.02 Å². The Morgan fingerprint density at radius 1 is 1.26 bits per heavy atom. The first kappa shape index (κ1) is 16.3. The first-order valence-corrected chi connectivity index (χ1v) is 8.72. The third-order valence-electron chi connectivity index (χ3n) is 4.55. The molecular formula is C19H21ClN2S. The Morgan fingerprint density at radius 2 is 2.04 bits per heavy atom. The van der Waals surface area contributed by atoms with Crippen molar-refractivity contribution in [2.75, 3.05) is 12.4 Å². The minimum atomic E-state index is 0.334. The predicted octanol–water partition coefficient (Wildman–Crippen LogP) is 5.35. The van der Waals surface area contributed by atoms with Gasteiger partial charge >= 0.3 is 0 Å². The molecule has 2 aromatic rings. The van der Waals surface area contributed by atoms with Crippen LogP contribution in [0.1, 0.15) is 35.6 Å². The largest absolute Gasteiger partial charge is 0.345 e. The summed E-state index contributed by atoms with van der Waals surface area (Å²) in [5.41, 5.74) is 4.84. The molecule has 0 unspecified atom stereocenters. The Labute approximate surface area is 148 Å². The molecule has 0 aromatic heterocycles. The van der Waals surface area contributed by atoms with Gasteiger partial charge in [-0.2, -0.15) is 0 Å². The molecule has 0 fully saturated rings. The standard InChI is InChI=1S/C19H21ClN2S/c1-13-10-11-15(12-17(13)20)21-19(23)22(2)18-9-5-7-14-6-3-4-8-16(14)18/h3-4,6,8,10-12,18H,5,7,9H2,1-2H3,(H,21,23)/t18-/m0/s1. The smallest absolute Gasteiger partial charge is 0.173 e. The number of fused-ring (bicyclic) bond motifs is 1. The van der Waals surface area contributed by atoms with Crippen molar-refractivity contribution < 1.29 is 0 Å². The molecule has 1 aliphatic carbocycles. The van der Waals surface area contributed by atoms with Crippen LogP contribution in [-0.4, -0.2) is 17.1 Å². The molecule has 0 radical (unpaired) electrons. The van der Waals surface area contributed by atoms with E-state index in [1.54, 1.807) is 0 Å². The van der Waals surface area contributed by atoms with Crippen LogP contribution in [0.4, 0.5) is 5.69 Å². The highest BCUT2D eigenvalue weighted by molar-refractivity contribution is 7.80. The van der Waals surface area contributed by atoms with Crippen molar-refractivity contribution in [1.29, 1.82) is 0 Å². The number of benzene rings is 2. The summed E-state index contributed by atoms with van der Waals surface area (Å²) in [7, 11) is 2.07. The summed E-state index contributed by atoms with van der Waals surface area (Å²) < 4.78 is 0. The van der Waals surface area contributed by atoms with Gasteiger partial charge in [0, 0.05) is 17.8 Å². The van der Waals surface area contributed by atoms with Crippen LogP contribution in [-0.2, 0) is 6.42 Å². The van der Waals surface area contributed by atoms with Gasteiger partial charge in [-0.3, -0.25) is 0 Å². The lowest BCUT2D eigenvalue weighted by Crippen LogP contribution is -2.36. The molecule has 4 heteroatoms. The van der Waals surface area contributed by atoms with Gasteiger partial charge in [-0.15, -0.1) is 0 Å². The summed E-state index contributed by atoms with van der Waals surface area (Å²) in [6.45, 7) is 2.00. The molecule has 3 rings (SSSR count). The third-order valence-corrected chi connectivity index (χ3v) is 5.35. The number of hydrogen-bond donors (Lipinski definition) is 1. The Balaban J connectivity index is 1.76. The molecule has 2 aromatic carbocycles. The van der Waals surface area contributed by atoms with Gasteiger partial charge in [0.25, 0.3) is 0 Å². The van der Waals surface area contributed by atoms with Gasteiger partial charge in [0.2, 0.25) is 0 Å². The van der Waals surface area contributed by atoms with Crippen LogP contribution in [0.5, 0.6) is 0 Å². The summed E-state index contributed by atoms with van der Waals surface area (Å²) in [6.07, 6.45) is 3.49. The van der Waals surface area contributed by atoms with Crippen molar-refractivity contribution in [2.24, 2.45) is 0 Å². The average Bonchev–Trinajstić information content (AvgIpc) is 2.57. The number of thiocarbonyl (C=S) groups is 1. The Bertz CT molecular complexity index is 729. The fourth-order valence-electron chi connectivity index (χ4n) is 3.15. The van der Waals surface area contributed by atoms with Crippen molar-refractivity contribution in [3.8, 4) is 0 Å². The Hall–Kier alpha value is -1.58. The van der Waals surface area contributed by atoms with Crippen LogP contribution in [0.15, 0.2) is 42.5 Å². The van der Waals surface area contributed by atoms with Crippen molar-refractivity contribution in [2.45, 2.75) is 32.2 Å². The van der Waals surface area contributed by atoms with Crippen molar-refractivity contribution in [3.63, 3.8) is 0 Å². The molecule has 0 bridgehead atoms. The highest BCUT2D eigenvalue weighted by atomic mass is 35.5. The monoisotopic (exact) mass is 344 g/mol. The first-order valence-electron chi connectivity index (χ1n) is 7.94. The number of aryl methyl sites for hydroxylation is 2. The predicted molar refractivity (Wildman–Crippen MR) is 102 cm³/mol. The van der Waals surface area contributed by atoms with Crippen molar-refractivity contribution >= 4 is 34.6 Å². The van der Waals surface area contributed by atoms with Gasteiger partial charge in [-0.25, -0.2) is 0 Å². The van der Waals surface area contributed by atoms with E-state index in [1.165, 1.54) is 17.5 Å². The molecule has 23 heavy (non-hydrogen) atoms.